The van der Waals surface area contributed by atoms with Gasteiger partial charge in [0.15, 0.2) is 0 Å². The average molecular weight is 314 g/mol. The molecule has 4 nitrogen and oxygen atoms in total. The molecule has 1 fully saturated rings. The smallest absolute Gasteiger partial charge is 0.131 e. The van der Waals surface area contributed by atoms with Gasteiger partial charge in [-0.05, 0) is 47.5 Å². The molecule has 0 aliphatic heterocycles. The van der Waals surface area contributed by atoms with Gasteiger partial charge in [-0.3, -0.25) is 0 Å². The Bertz CT molecular complexity index is 392. The van der Waals surface area contributed by atoms with Crippen molar-refractivity contribution in [2.75, 3.05) is 11.9 Å². The predicted molar refractivity (Wildman–Crippen MR) is 75.6 cm³/mol. The molecule has 0 saturated heterocycles. The fraction of sp³-hybridized carbons (Fsp3) is 0.692. The maximum atomic E-state index is 9.47. The van der Waals surface area contributed by atoms with Crippen molar-refractivity contribution in [3.05, 3.63) is 16.5 Å². The highest BCUT2D eigenvalue weighted by Crippen LogP contribution is 2.24. The second kappa shape index (κ2) is 6.48. The molecule has 1 aromatic heterocycles. The van der Waals surface area contributed by atoms with E-state index in [1.807, 2.05) is 13.0 Å². The van der Waals surface area contributed by atoms with Crippen LogP contribution in [-0.4, -0.2) is 27.7 Å². The first-order valence-corrected chi connectivity index (χ1v) is 7.42. The third-order valence-electron chi connectivity index (χ3n) is 3.45. The predicted octanol–water partition coefficient (Wildman–Crippen LogP) is 2.76. The molecule has 1 saturated carbocycles. The summed E-state index contributed by atoms with van der Waals surface area (Å²) in [6.07, 6.45) is 4.81. The first-order valence-electron chi connectivity index (χ1n) is 6.62. The number of halogens is 1. The molecule has 0 atom stereocenters. The SMILES string of the molecule is CCc1nc(Br)cc(NCC2CCC(O)CC2)n1. The Kier molecular flexibility index (Phi) is 4.95. The largest absolute Gasteiger partial charge is 0.393 e. The van der Waals surface area contributed by atoms with E-state index < -0.39 is 0 Å². The van der Waals surface area contributed by atoms with E-state index in [1.54, 1.807) is 0 Å². The highest BCUT2D eigenvalue weighted by molar-refractivity contribution is 9.10. The van der Waals surface area contributed by atoms with Crippen molar-refractivity contribution in [3.63, 3.8) is 0 Å². The van der Waals surface area contributed by atoms with E-state index in [9.17, 15) is 5.11 Å². The molecule has 2 rings (SSSR count). The Morgan fingerprint density at radius 3 is 2.72 bits per heavy atom. The second-order valence-corrected chi connectivity index (χ2v) is 5.71. The van der Waals surface area contributed by atoms with Crippen molar-refractivity contribution < 1.29 is 5.11 Å². The van der Waals surface area contributed by atoms with E-state index in [4.69, 9.17) is 0 Å². The summed E-state index contributed by atoms with van der Waals surface area (Å²) in [6.45, 7) is 2.98. The lowest BCUT2D eigenvalue weighted by atomic mass is 9.87. The van der Waals surface area contributed by atoms with Gasteiger partial charge in [0.2, 0.25) is 0 Å². The molecule has 0 amide bonds. The van der Waals surface area contributed by atoms with Crippen LogP contribution in [0.4, 0.5) is 5.82 Å². The van der Waals surface area contributed by atoms with E-state index in [-0.39, 0.29) is 6.10 Å². The first kappa shape index (κ1) is 13.7. The molecule has 1 aliphatic rings. The molecule has 1 aliphatic carbocycles. The van der Waals surface area contributed by atoms with Crippen LogP contribution in [0.25, 0.3) is 0 Å². The highest BCUT2D eigenvalue weighted by Gasteiger charge is 2.19. The van der Waals surface area contributed by atoms with Crippen LogP contribution >= 0.6 is 15.9 Å². The van der Waals surface area contributed by atoms with E-state index in [1.165, 1.54) is 0 Å². The number of nitrogens with one attached hydrogen (secondary N) is 1. The minimum absolute atomic E-state index is 0.0823. The number of aliphatic hydroxyl groups excluding tert-OH is 1. The number of hydrogen-bond donors (Lipinski definition) is 2. The van der Waals surface area contributed by atoms with Gasteiger partial charge < -0.3 is 10.4 Å². The molecular formula is C13H20BrN3O. The lowest BCUT2D eigenvalue weighted by Gasteiger charge is -2.25. The number of nitrogens with zero attached hydrogens (tertiary/aromatic N) is 2. The van der Waals surface area contributed by atoms with Gasteiger partial charge in [-0.25, -0.2) is 9.97 Å². The highest BCUT2D eigenvalue weighted by atomic mass is 79.9. The Hall–Kier alpha value is -0.680. The van der Waals surface area contributed by atoms with Gasteiger partial charge >= 0.3 is 0 Å². The Morgan fingerprint density at radius 2 is 2.06 bits per heavy atom. The number of hydrogen-bond acceptors (Lipinski definition) is 4. The Labute approximate surface area is 116 Å². The zero-order valence-corrected chi connectivity index (χ0v) is 12.3. The fourth-order valence-corrected chi connectivity index (χ4v) is 2.73. The number of anilines is 1. The number of aliphatic hydroxyl groups is 1. The van der Waals surface area contributed by atoms with Crippen molar-refractivity contribution in [2.45, 2.75) is 45.1 Å². The molecule has 5 heteroatoms. The molecule has 0 spiro atoms. The number of aromatic nitrogens is 2. The van der Waals surface area contributed by atoms with Crippen LogP contribution in [0.3, 0.4) is 0 Å². The minimum Gasteiger partial charge on any atom is -0.393 e. The van der Waals surface area contributed by atoms with Gasteiger partial charge in [-0.1, -0.05) is 6.92 Å². The van der Waals surface area contributed by atoms with Gasteiger partial charge in [0, 0.05) is 19.0 Å². The van der Waals surface area contributed by atoms with Crippen LogP contribution < -0.4 is 5.32 Å². The van der Waals surface area contributed by atoms with Crippen molar-refractivity contribution >= 4 is 21.7 Å². The summed E-state index contributed by atoms with van der Waals surface area (Å²) in [6, 6.07) is 1.91. The van der Waals surface area contributed by atoms with Gasteiger partial charge in [0.25, 0.3) is 0 Å². The van der Waals surface area contributed by atoms with Crippen LogP contribution in [0, 0.1) is 5.92 Å². The Balaban J connectivity index is 1.88. The summed E-state index contributed by atoms with van der Waals surface area (Å²) in [4.78, 5) is 8.74. The minimum atomic E-state index is -0.0823. The maximum absolute atomic E-state index is 9.47. The summed E-state index contributed by atoms with van der Waals surface area (Å²) in [7, 11) is 0. The third-order valence-corrected chi connectivity index (χ3v) is 3.85. The topological polar surface area (TPSA) is 58.0 Å². The summed E-state index contributed by atoms with van der Waals surface area (Å²) in [5.41, 5.74) is 0. The van der Waals surface area contributed by atoms with Crippen LogP contribution in [0.15, 0.2) is 10.7 Å². The molecule has 2 N–H and O–H groups in total. The molecular weight excluding hydrogens is 294 g/mol. The van der Waals surface area contributed by atoms with Crippen LogP contribution in [0.1, 0.15) is 38.4 Å². The van der Waals surface area contributed by atoms with Crippen molar-refractivity contribution in [1.82, 2.24) is 9.97 Å². The summed E-state index contributed by atoms with van der Waals surface area (Å²) >= 11 is 3.40. The van der Waals surface area contributed by atoms with E-state index >= 15 is 0 Å². The first-order chi connectivity index (χ1) is 8.67. The third kappa shape index (κ3) is 3.92. The lowest BCUT2D eigenvalue weighted by Crippen LogP contribution is -2.23. The van der Waals surface area contributed by atoms with Crippen LogP contribution in [0.5, 0.6) is 0 Å². The van der Waals surface area contributed by atoms with Crippen LogP contribution in [0.2, 0.25) is 0 Å². The van der Waals surface area contributed by atoms with Gasteiger partial charge in [-0.15, -0.1) is 0 Å². The molecule has 1 aromatic rings. The van der Waals surface area contributed by atoms with Crippen molar-refractivity contribution in [3.8, 4) is 0 Å². The zero-order chi connectivity index (χ0) is 13.0. The quantitative estimate of drug-likeness (QED) is 0.839. The van der Waals surface area contributed by atoms with E-state index in [2.05, 4.69) is 31.2 Å². The maximum Gasteiger partial charge on any atom is 0.131 e. The molecule has 0 aromatic carbocycles. The van der Waals surface area contributed by atoms with Crippen molar-refractivity contribution in [2.24, 2.45) is 5.92 Å². The standard InChI is InChI=1S/C13H20BrN3O/c1-2-12-16-11(14)7-13(17-12)15-8-9-3-5-10(18)6-4-9/h7,9-10,18H,2-6,8H2,1H3,(H,15,16,17). The Morgan fingerprint density at radius 1 is 1.33 bits per heavy atom. The lowest BCUT2D eigenvalue weighted by molar-refractivity contribution is 0.111. The molecule has 0 unspecified atom stereocenters. The summed E-state index contributed by atoms with van der Waals surface area (Å²) in [5.74, 6) is 2.39. The summed E-state index contributed by atoms with van der Waals surface area (Å²) < 4.78 is 0.830. The number of aryl methyl sites for hydroxylation is 1. The van der Waals surface area contributed by atoms with E-state index in [0.29, 0.717) is 5.92 Å². The van der Waals surface area contributed by atoms with Gasteiger partial charge in [0.1, 0.15) is 16.2 Å². The van der Waals surface area contributed by atoms with Gasteiger partial charge in [-0.2, -0.15) is 0 Å². The average Bonchev–Trinajstić information content (AvgIpc) is 2.37. The second-order valence-electron chi connectivity index (χ2n) is 4.90. The molecule has 100 valence electrons. The monoisotopic (exact) mass is 313 g/mol. The van der Waals surface area contributed by atoms with Gasteiger partial charge in [0.05, 0.1) is 6.10 Å². The molecule has 0 radical (unpaired) electrons. The summed E-state index contributed by atoms with van der Waals surface area (Å²) in [5, 5.41) is 12.9. The zero-order valence-electron chi connectivity index (χ0n) is 10.7. The van der Waals surface area contributed by atoms with Crippen LogP contribution in [-0.2, 0) is 6.42 Å². The van der Waals surface area contributed by atoms with E-state index in [0.717, 1.165) is 54.9 Å². The fourth-order valence-electron chi connectivity index (χ4n) is 2.31. The van der Waals surface area contributed by atoms with Crippen molar-refractivity contribution in [1.29, 1.82) is 0 Å². The molecule has 18 heavy (non-hydrogen) atoms. The number of rotatable bonds is 4. The molecule has 0 bridgehead atoms. The molecule has 1 heterocycles. The normalized spacial score (nSPS) is 23.9.